The van der Waals surface area contributed by atoms with Crippen LogP contribution in [0.3, 0.4) is 0 Å². The molecule has 2 amide bonds. The highest BCUT2D eigenvalue weighted by molar-refractivity contribution is 5.73. The number of urea groups is 1. The SMILES string of the molecule is CC(C)COCCCNC(=O)N(C)Cc1ccc(F)cc1F. The zero-order chi connectivity index (χ0) is 16.5. The fraction of sp³-hybridized carbons (Fsp3) is 0.562. The third-order valence-corrected chi connectivity index (χ3v) is 2.96. The molecule has 0 aromatic heterocycles. The van der Waals surface area contributed by atoms with Gasteiger partial charge in [-0.3, -0.25) is 0 Å². The second-order valence-corrected chi connectivity index (χ2v) is 5.65. The molecule has 0 radical (unpaired) electrons. The Morgan fingerprint density at radius 2 is 2.09 bits per heavy atom. The average molecular weight is 314 g/mol. The molecule has 0 aliphatic rings. The Hall–Kier alpha value is -1.69. The lowest BCUT2D eigenvalue weighted by Gasteiger charge is -2.18. The Balaban J connectivity index is 2.27. The summed E-state index contributed by atoms with van der Waals surface area (Å²) in [5.41, 5.74) is 0.277. The van der Waals surface area contributed by atoms with Gasteiger partial charge in [0.15, 0.2) is 0 Å². The number of carbonyl (C=O) groups is 1. The first kappa shape index (κ1) is 18.4. The zero-order valence-corrected chi connectivity index (χ0v) is 13.4. The van der Waals surface area contributed by atoms with Crippen LogP contribution in [-0.4, -0.2) is 37.7 Å². The third-order valence-electron chi connectivity index (χ3n) is 2.96. The van der Waals surface area contributed by atoms with Crippen LogP contribution >= 0.6 is 0 Å². The lowest BCUT2D eigenvalue weighted by molar-refractivity contribution is 0.108. The van der Waals surface area contributed by atoms with E-state index in [0.717, 1.165) is 12.5 Å². The van der Waals surface area contributed by atoms with Crippen LogP contribution in [0, 0.1) is 17.6 Å². The minimum atomic E-state index is -0.651. The molecule has 0 heterocycles. The van der Waals surface area contributed by atoms with Crippen LogP contribution in [0.1, 0.15) is 25.8 Å². The summed E-state index contributed by atoms with van der Waals surface area (Å²) >= 11 is 0. The van der Waals surface area contributed by atoms with Crippen molar-refractivity contribution in [1.29, 1.82) is 0 Å². The van der Waals surface area contributed by atoms with E-state index in [1.165, 1.54) is 17.0 Å². The first-order chi connectivity index (χ1) is 10.4. The van der Waals surface area contributed by atoms with Gasteiger partial charge in [-0.2, -0.15) is 0 Å². The Labute approximate surface area is 130 Å². The summed E-state index contributed by atoms with van der Waals surface area (Å²) in [7, 11) is 1.56. The van der Waals surface area contributed by atoms with Crippen LogP contribution in [0.25, 0.3) is 0 Å². The molecule has 124 valence electrons. The van der Waals surface area contributed by atoms with Gasteiger partial charge < -0.3 is 15.0 Å². The molecule has 4 nitrogen and oxygen atoms in total. The van der Waals surface area contributed by atoms with Crippen LogP contribution in [0.2, 0.25) is 0 Å². The summed E-state index contributed by atoms with van der Waals surface area (Å²) in [6, 6.07) is 3.03. The van der Waals surface area contributed by atoms with Crippen molar-refractivity contribution in [3.8, 4) is 0 Å². The van der Waals surface area contributed by atoms with Crippen LogP contribution in [0.5, 0.6) is 0 Å². The van der Waals surface area contributed by atoms with E-state index in [-0.39, 0.29) is 18.1 Å². The van der Waals surface area contributed by atoms with Gasteiger partial charge in [-0.1, -0.05) is 19.9 Å². The Bertz CT molecular complexity index is 481. The van der Waals surface area contributed by atoms with Crippen LogP contribution < -0.4 is 5.32 Å². The van der Waals surface area contributed by atoms with Gasteiger partial charge in [-0.25, -0.2) is 13.6 Å². The zero-order valence-electron chi connectivity index (χ0n) is 13.4. The first-order valence-electron chi connectivity index (χ1n) is 7.40. The Morgan fingerprint density at radius 3 is 2.73 bits per heavy atom. The van der Waals surface area contributed by atoms with Crippen LogP contribution in [0.15, 0.2) is 18.2 Å². The second kappa shape index (κ2) is 9.35. The predicted octanol–water partition coefficient (Wildman–Crippen LogP) is 3.17. The van der Waals surface area contributed by atoms with E-state index in [2.05, 4.69) is 19.2 Å². The molecule has 22 heavy (non-hydrogen) atoms. The number of rotatable bonds is 8. The number of amides is 2. The third kappa shape index (κ3) is 6.85. The fourth-order valence-electron chi connectivity index (χ4n) is 1.80. The van der Waals surface area contributed by atoms with E-state index in [9.17, 15) is 13.6 Å². The molecule has 6 heteroatoms. The van der Waals surface area contributed by atoms with E-state index in [4.69, 9.17) is 4.74 Å². The molecule has 0 spiro atoms. The molecule has 0 saturated carbocycles. The molecule has 0 atom stereocenters. The molecule has 0 fully saturated rings. The quantitative estimate of drug-likeness (QED) is 0.749. The van der Waals surface area contributed by atoms with Gasteiger partial charge >= 0.3 is 6.03 Å². The number of carbonyl (C=O) groups excluding carboxylic acids is 1. The van der Waals surface area contributed by atoms with Gasteiger partial charge in [0.2, 0.25) is 0 Å². The number of ether oxygens (including phenoxy) is 1. The monoisotopic (exact) mass is 314 g/mol. The molecule has 1 N–H and O–H groups in total. The molecule has 0 unspecified atom stereocenters. The summed E-state index contributed by atoms with van der Waals surface area (Å²) in [6.45, 7) is 6.03. The number of hydrogen-bond acceptors (Lipinski definition) is 2. The highest BCUT2D eigenvalue weighted by Gasteiger charge is 2.11. The minimum Gasteiger partial charge on any atom is -0.381 e. The highest BCUT2D eigenvalue weighted by Crippen LogP contribution is 2.11. The Kier molecular flexibility index (Phi) is 7.80. The maximum atomic E-state index is 13.5. The number of hydrogen-bond donors (Lipinski definition) is 1. The van der Waals surface area contributed by atoms with Gasteiger partial charge in [-0.15, -0.1) is 0 Å². The number of nitrogens with zero attached hydrogens (tertiary/aromatic N) is 1. The summed E-state index contributed by atoms with van der Waals surface area (Å²) < 4.78 is 31.7. The van der Waals surface area contributed by atoms with Gasteiger partial charge in [0.1, 0.15) is 11.6 Å². The van der Waals surface area contributed by atoms with Crippen LogP contribution in [-0.2, 0) is 11.3 Å². The number of halogens is 2. The van der Waals surface area contributed by atoms with Crippen molar-refractivity contribution < 1.29 is 18.3 Å². The second-order valence-electron chi connectivity index (χ2n) is 5.65. The molecule has 0 bridgehead atoms. The Morgan fingerprint density at radius 1 is 1.36 bits per heavy atom. The topological polar surface area (TPSA) is 41.6 Å². The minimum absolute atomic E-state index is 0.0851. The molecular formula is C16H24F2N2O2. The summed E-state index contributed by atoms with van der Waals surface area (Å²) in [4.78, 5) is 13.2. The van der Waals surface area contributed by atoms with E-state index < -0.39 is 11.6 Å². The van der Waals surface area contributed by atoms with Gasteiger partial charge in [0.05, 0.1) is 0 Å². The van der Waals surface area contributed by atoms with E-state index >= 15 is 0 Å². The molecule has 0 aliphatic carbocycles. The normalized spacial score (nSPS) is 10.8. The van der Waals surface area contributed by atoms with Crippen molar-refractivity contribution in [2.24, 2.45) is 5.92 Å². The van der Waals surface area contributed by atoms with E-state index in [1.54, 1.807) is 7.05 Å². The lowest BCUT2D eigenvalue weighted by Crippen LogP contribution is -2.37. The molecular weight excluding hydrogens is 290 g/mol. The van der Waals surface area contributed by atoms with Gasteiger partial charge in [0, 0.05) is 45.0 Å². The van der Waals surface area contributed by atoms with Gasteiger partial charge in [0.25, 0.3) is 0 Å². The molecule has 1 aromatic rings. The van der Waals surface area contributed by atoms with Crippen molar-refractivity contribution in [3.63, 3.8) is 0 Å². The first-order valence-corrected chi connectivity index (χ1v) is 7.40. The fourth-order valence-corrected chi connectivity index (χ4v) is 1.80. The van der Waals surface area contributed by atoms with Crippen molar-refractivity contribution in [2.75, 3.05) is 26.8 Å². The van der Waals surface area contributed by atoms with Crippen molar-refractivity contribution in [1.82, 2.24) is 10.2 Å². The predicted molar refractivity (Wildman–Crippen MR) is 81.5 cm³/mol. The smallest absolute Gasteiger partial charge is 0.317 e. The van der Waals surface area contributed by atoms with Crippen molar-refractivity contribution in [3.05, 3.63) is 35.4 Å². The molecule has 1 aromatic carbocycles. The average Bonchev–Trinajstić information content (AvgIpc) is 2.45. The van der Waals surface area contributed by atoms with E-state index in [1.807, 2.05) is 0 Å². The van der Waals surface area contributed by atoms with Crippen molar-refractivity contribution >= 4 is 6.03 Å². The standard InChI is InChI=1S/C16H24F2N2O2/c1-12(2)11-22-8-4-7-19-16(21)20(3)10-13-5-6-14(17)9-15(13)18/h5-6,9,12H,4,7-8,10-11H2,1-3H3,(H,19,21). The molecule has 0 aliphatic heterocycles. The summed E-state index contributed by atoms with van der Waals surface area (Å²) in [5.74, 6) is -0.789. The molecule has 1 rings (SSSR count). The maximum absolute atomic E-state index is 13.5. The molecule has 0 saturated heterocycles. The van der Waals surface area contributed by atoms with Crippen molar-refractivity contribution in [2.45, 2.75) is 26.8 Å². The lowest BCUT2D eigenvalue weighted by atomic mass is 10.2. The number of benzene rings is 1. The summed E-state index contributed by atoms with van der Waals surface area (Å²) in [5, 5.41) is 2.73. The van der Waals surface area contributed by atoms with E-state index in [0.29, 0.717) is 25.7 Å². The largest absolute Gasteiger partial charge is 0.381 e. The summed E-state index contributed by atoms with van der Waals surface area (Å²) in [6.07, 6.45) is 0.719. The highest BCUT2D eigenvalue weighted by atomic mass is 19.1. The van der Waals surface area contributed by atoms with Crippen LogP contribution in [0.4, 0.5) is 13.6 Å². The van der Waals surface area contributed by atoms with Gasteiger partial charge in [-0.05, 0) is 18.4 Å². The maximum Gasteiger partial charge on any atom is 0.317 e. The number of nitrogens with one attached hydrogen (secondary N) is 1.